The van der Waals surface area contributed by atoms with E-state index in [2.05, 4.69) is 48.2 Å². The second-order valence-corrected chi connectivity index (χ2v) is 10.1. The molecule has 0 saturated carbocycles. The Balaban J connectivity index is 1.36. The number of hydrogen-bond acceptors (Lipinski definition) is 5. The smallest absolute Gasteiger partial charge is 0.265 e. The fourth-order valence-corrected chi connectivity index (χ4v) is 4.39. The SMILES string of the molecule is CCC(C)(C)c1ccc(OCc2cn(-c3ccc4c(=O)n(-c5cccc(Cl)c5)c(C)nc4c3)nn2)cc1. The molecule has 37 heavy (non-hydrogen) atoms. The van der Waals surface area contributed by atoms with Crippen molar-refractivity contribution in [2.75, 3.05) is 0 Å². The van der Waals surface area contributed by atoms with Crippen LogP contribution in [0.15, 0.2) is 77.7 Å². The summed E-state index contributed by atoms with van der Waals surface area (Å²) in [7, 11) is 0. The van der Waals surface area contributed by atoms with Crippen molar-refractivity contribution in [3.8, 4) is 17.1 Å². The molecule has 0 N–H and O–H groups in total. The van der Waals surface area contributed by atoms with Gasteiger partial charge in [-0.1, -0.05) is 55.8 Å². The summed E-state index contributed by atoms with van der Waals surface area (Å²) < 4.78 is 9.15. The highest BCUT2D eigenvalue weighted by atomic mass is 35.5. The quantitative estimate of drug-likeness (QED) is 0.259. The van der Waals surface area contributed by atoms with Crippen molar-refractivity contribution >= 4 is 22.5 Å². The summed E-state index contributed by atoms with van der Waals surface area (Å²) in [5.41, 5.74) is 3.98. The molecule has 0 bridgehead atoms. The molecule has 5 rings (SSSR count). The third kappa shape index (κ3) is 5.00. The lowest BCUT2D eigenvalue weighted by atomic mass is 9.82. The van der Waals surface area contributed by atoms with Crippen molar-refractivity contribution in [2.24, 2.45) is 0 Å². The fourth-order valence-electron chi connectivity index (χ4n) is 4.20. The van der Waals surface area contributed by atoms with Crippen LogP contribution in [0, 0.1) is 6.92 Å². The molecule has 0 aliphatic carbocycles. The van der Waals surface area contributed by atoms with Crippen molar-refractivity contribution in [1.29, 1.82) is 0 Å². The van der Waals surface area contributed by atoms with Crippen LogP contribution in [-0.4, -0.2) is 24.5 Å². The first kappa shape index (κ1) is 24.7. The molecule has 0 fully saturated rings. The minimum atomic E-state index is -0.155. The maximum atomic E-state index is 13.3. The highest BCUT2D eigenvalue weighted by Gasteiger charge is 2.17. The van der Waals surface area contributed by atoms with Gasteiger partial charge in [0.05, 0.1) is 28.5 Å². The van der Waals surface area contributed by atoms with E-state index in [9.17, 15) is 4.79 Å². The molecule has 188 valence electrons. The second-order valence-electron chi connectivity index (χ2n) is 9.69. The van der Waals surface area contributed by atoms with Crippen LogP contribution < -0.4 is 10.3 Å². The Hall–Kier alpha value is -3.97. The molecule has 0 amide bonds. The molecule has 8 heteroatoms. The third-order valence-electron chi connectivity index (χ3n) is 6.80. The number of halogens is 1. The molecule has 0 unspecified atom stereocenters. The van der Waals surface area contributed by atoms with Gasteiger partial charge in [0.25, 0.3) is 5.56 Å². The van der Waals surface area contributed by atoms with Gasteiger partial charge in [-0.05, 0) is 72.9 Å². The lowest BCUT2D eigenvalue weighted by Crippen LogP contribution is -2.22. The van der Waals surface area contributed by atoms with Gasteiger partial charge in [-0.2, -0.15) is 0 Å². The summed E-state index contributed by atoms with van der Waals surface area (Å²) >= 11 is 6.13. The van der Waals surface area contributed by atoms with E-state index in [1.807, 2.05) is 42.6 Å². The van der Waals surface area contributed by atoms with Crippen molar-refractivity contribution in [3.05, 3.63) is 105 Å². The van der Waals surface area contributed by atoms with Gasteiger partial charge in [-0.25, -0.2) is 9.67 Å². The summed E-state index contributed by atoms with van der Waals surface area (Å²) in [4.78, 5) is 17.9. The predicted molar refractivity (Wildman–Crippen MR) is 146 cm³/mol. The number of ether oxygens (including phenoxy) is 1. The molecule has 7 nitrogen and oxygen atoms in total. The predicted octanol–water partition coefficient (Wildman–Crippen LogP) is 6.19. The van der Waals surface area contributed by atoms with E-state index in [-0.39, 0.29) is 11.0 Å². The van der Waals surface area contributed by atoms with Gasteiger partial charge in [0.15, 0.2) is 0 Å². The molecule has 0 aliphatic heterocycles. The van der Waals surface area contributed by atoms with E-state index >= 15 is 0 Å². The maximum absolute atomic E-state index is 13.3. The van der Waals surface area contributed by atoms with Crippen molar-refractivity contribution < 1.29 is 4.74 Å². The molecule has 2 heterocycles. The monoisotopic (exact) mass is 513 g/mol. The van der Waals surface area contributed by atoms with Gasteiger partial charge in [0.1, 0.15) is 23.9 Å². The van der Waals surface area contributed by atoms with Crippen LogP contribution in [-0.2, 0) is 12.0 Å². The first-order valence-electron chi connectivity index (χ1n) is 12.2. The first-order chi connectivity index (χ1) is 17.7. The summed E-state index contributed by atoms with van der Waals surface area (Å²) in [6, 6.07) is 20.8. The Morgan fingerprint density at radius 1 is 1.00 bits per heavy atom. The Kier molecular flexibility index (Phi) is 6.56. The summed E-state index contributed by atoms with van der Waals surface area (Å²) in [5, 5.41) is 9.55. The molecule has 2 aromatic heterocycles. The Morgan fingerprint density at radius 3 is 2.51 bits per heavy atom. The van der Waals surface area contributed by atoms with Gasteiger partial charge < -0.3 is 4.74 Å². The fraction of sp³-hybridized carbons (Fsp3) is 0.241. The molecule has 3 aromatic carbocycles. The zero-order valence-corrected chi connectivity index (χ0v) is 22.0. The number of hydrogen-bond donors (Lipinski definition) is 0. The Bertz CT molecular complexity index is 1640. The average Bonchev–Trinajstić information content (AvgIpc) is 3.37. The van der Waals surface area contributed by atoms with E-state index in [1.165, 1.54) is 5.56 Å². The van der Waals surface area contributed by atoms with E-state index in [1.54, 1.807) is 34.4 Å². The minimum absolute atomic E-state index is 0.136. The van der Waals surface area contributed by atoms with E-state index in [4.69, 9.17) is 16.3 Å². The standard InChI is InChI=1S/C29H28ClN5O2/c1-5-29(3,4)20-9-12-25(13-10-20)37-18-22-17-34(33-32-22)23-11-14-26-27(16-23)31-19(2)35(28(26)36)24-8-6-7-21(30)15-24/h6-17H,5,18H2,1-4H3. The van der Waals surface area contributed by atoms with E-state index in [0.29, 0.717) is 39.7 Å². The number of fused-ring (bicyclic) bond motifs is 1. The van der Waals surface area contributed by atoms with E-state index < -0.39 is 0 Å². The van der Waals surface area contributed by atoms with Crippen LogP contribution in [0.2, 0.25) is 5.02 Å². The molecular weight excluding hydrogens is 486 g/mol. The largest absolute Gasteiger partial charge is 0.487 e. The summed E-state index contributed by atoms with van der Waals surface area (Å²) in [6.45, 7) is 8.76. The zero-order chi connectivity index (χ0) is 26.2. The normalized spacial score (nSPS) is 11.7. The van der Waals surface area contributed by atoms with Crippen molar-refractivity contribution in [2.45, 2.75) is 46.1 Å². The average molecular weight is 514 g/mol. The number of rotatable bonds is 7. The van der Waals surface area contributed by atoms with Crippen molar-refractivity contribution in [3.63, 3.8) is 0 Å². The maximum Gasteiger partial charge on any atom is 0.265 e. The summed E-state index contributed by atoms with van der Waals surface area (Å²) in [6.07, 6.45) is 2.88. The summed E-state index contributed by atoms with van der Waals surface area (Å²) in [5.74, 6) is 1.35. The van der Waals surface area contributed by atoms with Crippen LogP contribution >= 0.6 is 11.6 Å². The van der Waals surface area contributed by atoms with Crippen molar-refractivity contribution in [1.82, 2.24) is 24.5 Å². The van der Waals surface area contributed by atoms with Crippen LogP contribution in [0.3, 0.4) is 0 Å². The number of aryl methyl sites for hydroxylation is 1. The van der Waals surface area contributed by atoms with Crippen LogP contribution in [0.5, 0.6) is 5.75 Å². The van der Waals surface area contributed by atoms with Crippen LogP contribution in [0.25, 0.3) is 22.3 Å². The van der Waals surface area contributed by atoms with Crippen LogP contribution in [0.1, 0.15) is 44.3 Å². The third-order valence-corrected chi connectivity index (χ3v) is 7.03. The van der Waals surface area contributed by atoms with E-state index in [0.717, 1.165) is 17.9 Å². The van der Waals surface area contributed by atoms with Gasteiger partial charge >= 0.3 is 0 Å². The van der Waals surface area contributed by atoms with Gasteiger partial charge in [-0.15, -0.1) is 5.10 Å². The topological polar surface area (TPSA) is 74.8 Å². The highest BCUT2D eigenvalue weighted by Crippen LogP contribution is 2.28. The number of benzene rings is 3. The number of nitrogens with zero attached hydrogens (tertiary/aromatic N) is 5. The van der Waals surface area contributed by atoms with Crippen LogP contribution in [0.4, 0.5) is 0 Å². The molecule has 5 aromatic rings. The highest BCUT2D eigenvalue weighted by molar-refractivity contribution is 6.30. The Morgan fingerprint density at radius 2 is 1.78 bits per heavy atom. The molecule has 0 saturated heterocycles. The zero-order valence-electron chi connectivity index (χ0n) is 21.3. The first-order valence-corrected chi connectivity index (χ1v) is 12.6. The van der Waals surface area contributed by atoms with Gasteiger partial charge in [0.2, 0.25) is 0 Å². The molecule has 0 spiro atoms. The molecule has 0 radical (unpaired) electrons. The molecular formula is C29H28ClN5O2. The van der Waals surface area contributed by atoms with Gasteiger partial charge in [-0.3, -0.25) is 9.36 Å². The lowest BCUT2D eigenvalue weighted by Gasteiger charge is -2.23. The lowest BCUT2D eigenvalue weighted by molar-refractivity contribution is 0.301. The Labute approximate surface area is 220 Å². The second kappa shape index (κ2) is 9.82. The molecule has 0 aliphatic rings. The molecule has 0 atom stereocenters. The minimum Gasteiger partial charge on any atom is -0.487 e. The van der Waals surface area contributed by atoms with Gasteiger partial charge in [0, 0.05) is 5.02 Å². The number of aromatic nitrogens is 5.